The predicted octanol–water partition coefficient (Wildman–Crippen LogP) is 1.97. The first-order valence-corrected chi connectivity index (χ1v) is 7.70. The van der Waals surface area contributed by atoms with Crippen LogP contribution in [0.1, 0.15) is 57.2 Å². The minimum Gasteiger partial charge on any atom is -0.363 e. The van der Waals surface area contributed by atoms with Crippen molar-refractivity contribution in [2.24, 2.45) is 11.7 Å². The minimum atomic E-state index is -0.0979. The van der Waals surface area contributed by atoms with Crippen molar-refractivity contribution in [1.29, 1.82) is 0 Å². The molecular formula is C15H24N4O. The van der Waals surface area contributed by atoms with E-state index in [1.807, 2.05) is 0 Å². The third kappa shape index (κ3) is 2.87. The lowest BCUT2D eigenvalue weighted by molar-refractivity contribution is 0.263. The molecule has 110 valence electrons. The van der Waals surface area contributed by atoms with Crippen LogP contribution in [-0.2, 0) is 0 Å². The first-order chi connectivity index (χ1) is 9.60. The number of nitrogens with two attached hydrogens (primary N) is 1. The van der Waals surface area contributed by atoms with Gasteiger partial charge in [0.25, 0.3) is 5.56 Å². The van der Waals surface area contributed by atoms with Gasteiger partial charge in [-0.05, 0) is 31.6 Å². The van der Waals surface area contributed by atoms with E-state index in [4.69, 9.17) is 5.73 Å². The summed E-state index contributed by atoms with van der Waals surface area (Å²) in [5.41, 5.74) is 5.85. The monoisotopic (exact) mass is 276 g/mol. The van der Waals surface area contributed by atoms with E-state index in [0.717, 1.165) is 31.5 Å². The fourth-order valence-corrected chi connectivity index (χ4v) is 3.37. The van der Waals surface area contributed by atoms with E-state index in [-0.39, 0.29) is 11.1 Å². The molecule has 1 aromatic rings. The van der Waals surface area contributed by atoms with Crippen LogP contribution in [0.25, 0.3) is 0 Å². The van der Waals surface area contributed by atoms with Crippen molar-refractivity contribution in [3.63, 3.8) is 0 Å². The Morgan fingerprint density at radius 1 is 1.50 bits per heavy atom. The maximum absolute atomic E-state index is 11.8. The van der Waals surface area contributed by atoms with Gasteiger partial charge >= 0.3 is 0 Å². The molecule has 5 heteroatoms. The first kappa shape index (κ1) is 13.6. The van der Waals surface area contributed by atoms with E-state index >= 15 is 0 Å². The Morgan fingerprint density at radius 2 is 2.30 bits per heavy atom. The first-order valence-electron chi connectivity index (χ1n) is 7.70. The number of H-pyrrole nitrogens is 1. The molecule has 1 heterocycles. The third-order valence-corrected chi connectivity index (χ3v) is 4.60. The van der Waals surface area contributed by atoms with Crippen molar-refractivity contribution in [2.45, 2.75) is 56.9 Å². The van der Waals surface area contributed by atoms with Gasteiger partial charge in [0.1, 0.15) is 11.6 Å². The Bertz CT molecular complexity index is 537. The highest BCUT2D eigenvalue weighted by atomic mass is 16.1. The van der Waals surface area contributed by atoms with Gasteiger partial charge in [-0.15, -0.1) is 0 Å². The maximum Gasteiger partial charge on any atom is 0.252 e. The molecule has 20 heavy (non-hydrogen) atoms. The molecule has 3 rings (SSSR count). The number of hydrogen-bond donors (Lipinski definition) is 3. The Balaban J connectivity index is 1.83. The molecule has 0 spiro atoms. The molecule has 0 bridgehead atoms. The van der Waals surface area contributed by atoms with Crippen LogP contribution in [0.2, 0.25) is 0 Å². The lowest BCUT2D eigenvalue weighted by Gasteiger charge is -2.40. The summed E-state index contributed by atoms with van der Waals surface area (Å²) in [6.07, 6.45) is 6.82. The maximum atomic E-state index is 11.8. The number of rotatable bonds is 4. The van der Waals surface area contributed by atoms with E-state index < -0.39 is 0 Å². The third-order valence-electron chi connectivity index (χ3n) is 4.60. The highest BCUT2D eigenvalue weighted by molar-refractivity contribution is 5.38. The molecule has 2 saturated carbocycles. The van der Waals surface area contributed by atoms with Crippen LogP contribution in [0.15, 0.2) is 10.9 Å². The molecule has 2 unspecified atom stereocenters. The van der Waals surface area contributed by atoms with Gasteiger partial charge in [0.2, 0.25) is 0 Å². The van der Waals surface area contributed by atoms with Crippen LogP contribution < -0.4 is 16.6 Å². The van der Waals surface area contributed by atoms with Gasteiger partial charge in [0.05, 0.1) is 5.54 Å². The number of anilines is 1. The van der Waals surface area contributed by atoms with E-state index in [0.29, 0.717) is 24.2 Å². The van der Waals surface area contributed by atoms with E-state index in [9.17, 15) is 4.79 Å². The second kappa shape index (κ2) is 5.20. The summed E-state index contributed by atoms with van der Waals surface area (Å²) in [7, 11) is 0. The fraction of sp³-hybridized carbons (Fsp3) is 0.733. The quantitative estimate of drug-likeness (QED) is 0.785. The lowest BCUT2D eigenvalue weighted by Crippen LogP contribution is -2.49. The van der Waals surface area contributed by atoms with Crippen LogP contribution in [0.3, 0.4) is 0 Å². The molecule has 2 atom stereocenters. The minimum absolute atomic E-state index is 0.0690. The van der Waals surface area contributed by atoms with Crippen molar-refractivity contribution >= 4 is 5.82 Å². The summed E-state index contributed by atoms with van der Waals surface area (Å²) >= 11 is 0. The molecule has 5 nitrogen and oxygen atoms in total. The van der Waals surface area contributed by atoms with Crippen molar-refractivity contribution in [2.75, 3.05) is 11.9 Å². The van der Waals surface area contributed by atoms with Crippen molar-refractivity contribution in [3.8, 4) is 0 Å². The second-order valence-corrected chi connectivity index (χ2v) is 6.60. The number of nitrogens with one attached hydrogen (secondary N) is 2. The Hall–Kier alpha value is -1.36. The van der Waals surface area contributed by atoms with Crippen LogP contribution in [-0.4, -0.2) is 22.1 Å². The molecule has 2 aliphatic rings. The topological polar surface area (TPSA) is 83.8 Å². The zero-order chi connectivity index (χ0) is 14.2. The molecule has 0 saturated heterocycles. The van der Waals surface area contributed by atoms with Gasteiger partial charge in [-0.2, -0.15) is 0 Å². The second-order valence-electron chi connectivity index (χ2n) is 6.60. The molecule has 2 fully saturated rings. The molecule has 4 N–H and O–H groups in total. The van der Waals surface area contributed by atoms with Gasteiger partial charge in [-0.1, -0.05) is 19.8 Å². The van der Waals surface area contributed by atoms with Crippen LogP contribution in [0.4, 0.5) is 5.82 Å². The molecule has 0 aliphatic heterocycles. The summed E-state index contributed by atoms with van der Waals surface area (Å²) < 4.78 is 0. The summed E-state index contributed by atoms with van der Waals surface area (Å²) in [6.45, 7) is 2.86. The van der Waals surface area contributed by atoms with Gasteiger partial charge in [-0.3, -0.25) is 4.79 Å². The summed E-state index contributed by atoms with van der Waals surface area (Å²) in [5.74, 6) is 2.64. The zero-order valence-electron chi connectivity index (χ0n) is 12.1. The highest BCUT2D eigenvalue weighted by Gasteiger charge is 2.34. The van der Waals surface area contributed by atoms with Gasteiger partial charge in [0, 0.05) is 18.5 Å². The van der Waals surface area contributed by atoms with E-state index in [1.165, 1.54) is 12.8 Å². The largest absolute Gasteiger partial charge is 0.363 e. The summed E-state index contributed by atoms with van der Waals surface area (Å²) in [6, 6.07) is 1.56. The standard InChI is InChI=1S/C15H24N4O/c1-10-3-2-6-15(8-10,9-16)19-12-7-13(20)18-14(17-12)11-4-5-11/h7,10-11H,2-6,8-9,16H2,1H3,(H2,17,18,19,20). The smallest absolute Gasteiger partial charge is 0.252 e. The van der Waals surface area contributed by atoms with Crippen LogP contribution >= 0.6 is 0 Å². The number of nitrogens with zero attached hydrogens (tertiary/aromatic N) is 1. The SMILES string of the molecule is CC1CCCC(CN)(Nc2cc(=O)[nH]c(C3CC3)n2)C1. The normalized spacial score (nSPS) is 30.2. The molecule has 2 aliphatic carbocycles. The zero-order valence-corrected chi connectivity index (χ0v) is 12.1. The van der Waals surface area contributed by atoms with Gasteiger partial charge in [-0.25, -0.2) is 4.98 Å². The molecule has 0 amide bonds. The van der Waals surface area contributed by atoms with E-state index in [2.05, 4.69) is 22.2 Å². The Kier molecular flexibility index (Phi) is 3.54. The van der Waals surface area contributed by atoms with E-state index in [1.54, 1.807) is 6.07 Å². The highest BCUT2D eigenvalue weighted by Crippen LogP contribution is 2.38. The summed E-state index contributed by atoms with van der Waals surface area (Å²) in [4.78, 5) is 19.2. The van der Waals surface area contributed by atoms with Gasteiger partial charge in [0.15, 0.2) is 0 Å². The summed E-state index contributed by atoms with van der Waals surface area (Å²) in [5, 5.41) is 3.48. The number of aromatic amines is 1. The molecule has 1 aromatic heterocycles. The Morgan fingerprint density at radius 3 is 2.95 bits per heavy atom. The molecule has 0 radical (unpaired) electrons. The average molecular weight is 276 g/mol. The predicted molar refractivity (Wildman–Crippen MR) is 79.9 cm³/mol. The number of aromatic nitrogens is 2. The van der Waals surface area contributed by atoms with Crippen LogP contribution in [0, 0.1) is 5.92 Å². The number of hydrogen-bond acceptors (Lipinski definition) is 4. The molecular weight excluding hydrogens is 252 g/mol. The van der Waals surface area contributed by atoms with Gasteiger partial charge < -0.3 is 16.0 Å². The average Bonchev–Trinajstić information content (AvgIpc) is 3.22. The fourth-order valence-electron chi connectivity index (χ4n) is 3.37. The molecule has 0 aromatic carbocycles. The van der Waals surface area contributed by atoms with Crippen molar-refractivity contribution < 1.29 is 0 Å². The van der Waals surface area contributed by atoms with Crippen molar-refractivity contribution in [1.82, 2.24) is 9.97 Å². The lowest BCUT2D eigenvalue weighted by atomic mass is 9.76. The Labute approximate surface area is 119 Å². The van der Waals surface area contributed by atoms with Crippen molar-refractivity contribution in [3.05, 3.63) is 22.2 Å². The van der Waals surface area contributed by atoms with Crippen LogP contribution in [0.5, 0.6) is 0 Å².